The lowest BCUT2D eigenvalue weighted by molar-refractivity contribution is -0.137. The second-order valence-electron chi connectivity index (χ2n) is 9.87. The third-order valence-electron chi connectivity index (χ3n) is 7.43. The largest absolute Gasteiger partial charge is 0.497 e. The number of aliphatic hydroxyl groups excluding tert-OH is 1. The zero-order valence-corrected chi connectivity index (χ0v) is 21.6. The van der Waals surface area contributed by atoms with E-state index in [1.165, 1.54) is 0 Å². The molecule has 37 heavy (non-hydrogen) atoms. The fraction of sp³-hybridized carbons (Fsp3) is 0.500. The van der Waals surface area contributed by atoms with Crippen LogP contribution in [0.25, 0.3) is 11.1 Å². The molecule has 0 spiro atoms. The lowest BCUT2D eigenvalue weighted by Crippen LogP contribution is -2.50. The van der Waals surface area contributed by atoms with Crippen molar-refractivity contribution >= 4 is 5.97 Å². The monoisotopic (exact) mass is 509 g/mol. The van der Waals surface area contributed by atoms with E-state index >= 15 is 0 Å². The number of benzene rings is 2. The summed E-state index contributed by atoms with van der Waals surface area (Å²) in [5, 5.41) is 19.9. The number of unbranched alkanes of at least 4 members (excludes halogenated alkanes) is 1. The van der Waals surface area contributed by atoms with Crippen LogP contribution in [0.4, 0.5) is 0 Å². The van der Waals surface area contributed by atoms with Crippen molar-refractivity contribution in [3.8, 4) is 16.9 Å². The number of ether oxygens (including phenoxy) is 3. The van der Waals surface area contributed by atoms with E-state index in [0.29, 0.717) is 32.7 Å². The van der Waals surface area contributed by atoms with Crippen molar-refractivity contribution in [1.29, 1.82) is 0 Å². The summed E-state index contributed by atoms with van der Waals surface area (Å²) in [4.78, 5) is 13.1. The minimum absolute atomic E-state index is 0.0371. The number of hydrogen-bond acceptors (Lipinski definition) is 6. The number of carboxylic acids is 1. The van der Waals surface area contributed by atoms with Gasteiger partial charge in [-0.2, -0.15) is 0 Å². The topological polar surface area (TPSA) is 88.5 Å². The SMILES string of the molecule is COc1ccc(-c2ccc(CO[C@H]3C[C@@H](O)[C@H](N4CCOCC4)[C@H]3CC=CCCCC(=O)O)cc2)cc1. The summed E-state index contributed by atoms with van der Waals surface area (Å²) < 4.78 is 17.2. The van der Waals surface area contributed by atoms with Gasteiger partial charge in [0, 0.05) is 37.9 Å². The maximum absolute atomic E-state index is 11.0. The van der Waals surface area contributed by atoms with E-state index in [1.807, 2.05) is 12.1 Å². The predicted molar refractivity (Wildman–Crippen MR) is 143 cm³/mol. The second-order valence-corrected chi connectivity index (χ2v) is 9.87. The molecule has 0 bridgehead atoms. The molecule has 1 saturated heterocycles. The Bertz CT molecular complexity index is 1000. The molecule has 1 aliphatic heterocycles. The van der Waals surface area contributed by atoms with Gasteiger partial charge in [0.25, 0.3) is 0 Å². The van der Waals surface area contributed by atoms with Crippen LogP contribution in [0.5, 0.6) is 5.75 Å². The summed E-state index contributed by atoms with van der Waals surface area (Å²) >= 11 is 0. The highest BCUT2D eigenvalue weighted by Crippen LogP contribution is 2.36. The molecule has 2 aromatic rings. The van der Waals surface area contributed by atoms with Gasteiger partial charge < -0.3 is 24.4 Å². The van der Waals surface area contributed by atoms with Crippen molar-refractivity contribution in [2.75, 3.05) is 33.4 Å². The maximum Gasteiger partial charge on any atom is 0.303 e. The summed E-state index contributed by atoms with van der Waals surface area (Å²) in [6.45, 7) is 3.51. The first-order valence-corrected chi connectivity index (χ1v) is 13.3. The van der Waals surface area contributed by atoms with Crippen molar-refractivity contribution < 1.29 is 29.2 Å². The van der Waals surface area contributed by atoms with Crippen LogP contribution in [-0.4, -0.2) is 72.7 Å². The number of morpholine rings is 1. The lowest BCUT2D eigenvalue weighted by Gasteiger charge is -2.37. The molecule has 2 aliphatic rings. The molecule has 0 aromatic heterocycles. The number of hydrogen-bond donors (Lipinski definition) is 2. The number of aliphatic hydroxyl groups is 1. The molecule has 2 N–H and O–H groups in total. The molecule has 0 radical (unpaired) electrons. The van der Waals surface area contributed by atoms with Crippen LogP contribution >= 0.6 is 0 Å². The molecule has 1 saturated carbocycles. The van der Waals surface area contributed by atoms with Crippen LogP contribution in [0.3, 0.4) is 0 Å². The third kappa shape index (κ3) is 7.65. The van der Waals surface area contributed by atoms with Gasteiger partial charge in [0.05, 0.1) is 39.1 Å². The highest BCUT2D eigenvalue weighted by atomic mass is 16.5. The minimum Gasteiger partial charge on any atom is -0.497 e. The van der Waals surface area contributed by atoms with E-state index in [-0.39, 0.29) is 24.5 Å². The first-order valence-electron chi connectivity index (χ1n) is 13.3. The van der Waals surface area contributed by atoms with Crippen molar-refractivity contribution in [3.63, 3.8) is 0 Å². The molecule has 7 heteroatoms. The third-order valence-corrected chi connectivity index (χ3v) is 7.43. The van der Waals surface area contributed by atoms with Gasteiger partial charge in [-0.3, -0.25) is 9.69 Å². The van der Waals surface area contributed by atoms with Crippen molar-refractivity contribution in [2.45, 2.75) is 57.0 Å². The molecule has 7 nitrogen and oxygen atoms in total. The standard InChI is InChI=1S/C30H39NO6/c1-35-25-14-12-24(13-15-25)23-10-8-22(9-11-23)21-37-28-20-27(32)30(31-16-18-36-19-17-31)26(28)6-4-2-3-5-7-29(33)34/h2,4,8-15,26-28,30,32H,3,5-7,16-21H2,1H3,(H,33,34)/t26-,27+,28-,30+/m0/s1. The van der Waals surface area contributed by atoms with Gasteiger partial charge in [-0.05, 0) is 48.1 Å². The molecular formula is C30H39NO6. The van der Waals surface area contributed by atoms with Crippen LogP contribution in [0, 0.1) is 5.92 Å². The Morgan fingerprint density at radius 2 is 1.73 bits per heavy atom. The quantitative estimate of drug-likeness (QED) is 0.321. The van der Waals surface area contributed by atoms with E-state index in [1.54, 1.807) is 7.11 Å². The maximum atomic E-state index is 11.0. The molecule has 0 amide bonds. The van der Waals surface area contributed by atoms with Gasteiger partial charge in [-0.1, -0.05) is 48.6 Å². The second kappa shape index (κ2) is 13.7. The summed E-state index contributed by atoms with van der Waals surface area (Å²) in [7, 11) is 1.67. The number of carbonyl (C=O) groups is 1. The Balaban J connectivity index is 1.38. The van der Waals surface area contributed by atoms with Gasteiger partial charge >= 0.3 is 5.97 Å². The zero-order valence-electron chi connectivity index (χ0n) is 21.6. The molecule has 4 atom stereocenters. The van der Waals surface area contributed by atoms with Crippen LogP contribution in [-0.2, 0) is 20.9 Å². The van der Waals surface area contributed by atoms with Crippen molar-refractivity contribution in [3.05, 3.63) is 66.2 Å². The Labute approximate surface area is 219 Å². The normalized spacial score (nSPS) is 24.5. The van der Waals surface area contributed by atoms with Crippen LogP contribution < -0.4 is 4.74 Å². The Morgan fingerprint density at radius 3 is 2.38 bits per heavy atom. The van der Waals surface area contributed by atoms with Crippen LogP contribution in [0.1, 0.15) is 37.7 Å². The summed E-state index contributed by atoms with van der Waals surface area (Å²) in [5.41, 5.74) is 3.38. The van der Waals surface area contributed by atoms with Gasteiger partial charge in [0.15, 0.2) is 0 Å². The van der Waals surface area contributed by atoms with Gasteiger partial charge in [0.1, 0.15) is 5.75 Å². The summed E-state index contributed by atoms with van der Waals surface area (Å²) in [6, 6.07) is 16.5. The predicted octanol–water partition coefficient (Wildman–Crippen LogP) is 4.53. The van der Waals surface area contributed by atoms with E-state index in [9.17, 15) is 9.90 Å². The first kappa shape index (κ1) is 27.3. The van der Waals surface area contributed by atoms with Crippen molar-refractivity contribution in [1.82, 2.24) is 4.90 Å². The van der Waals surface area contributed by atoms with Gasteiger partial charge in [-0.25, -0.2) is 0 Å². The molecule has 1 aliphatic carbocycles. The van der Waals surface area contributed by atoms with Gasteiger partial charge in [-0.15, -0.1) is 0 Å². The van der Waals surface area contributed by atoms with E-state index < -0.39 is 12.1 Å². The van der Waals surface area contributed by atoms with E-state index in [0.717, 1.165) is 48.4 Å². The zero-order chi connectivity index (χ0) is 26.0. The van der Waals surface area contributed by atoms with E-state index in [2.05, 4.69) is 53.5 Å². The number of methoxy groups -OCH3 is 1. The molecule has 2 fully saturated rings. The fourth-order valence-electron chi connectivity index (χ4n) is 5.45. The van der Waals surface area contributed by atoms with Gasteiger partial charge in [0.2, 0.25) is 0 Å². The number of rotatable bonds is 12. The minimum atomic E-state index is -0.759. The molecule has 4 rings (SSSR count). The lowest BCUT2D eigenvalue weighted by atomic mass is 9.94. The average Bonchev–Trinajstić information content (AvgIpc) is 3.24. The first-order chi connectivity index (χ1) is 18.0. The fourth-order valence-corrected chi connectivity index (χ4v) is 5.45. The molecule has 1 heterocycles. The number of aliphatic carboxylic acids is 1. The number of allylic oxidation sites excluding steroid dienone is 2. The average molecular weight is 510 g/mol. The Morgan fingerprint density at radius 1 is 1.05 bits per heavy atom. The smallest absolute Gasteiger partial charge is 0.303 e. The summed E-state index contributed by atoms with van der Waals surface area (Å²) in [6.07, 6.45) is 6.70. The Kier molecular flexibility index (Phi) is 10.1. The van der Waals surface area contributed by atoms with E-state index in [4.69, 9.17) is 19.3 Å². The molecular weight excluding hydrogens is 470 g/mol. The number of nitrogens with zero attached hydrogens (tertiary/aromatic N) is 1. The highest BCUT2D eigenvalue weighted by Gasteiger charge is 2.45. The molecule has 2 aromatic carbocycles. The summed E-state index contributed by atoms with van der Waals surface area (Å²) in [5.74, 6) is 0.250. The number of carboxylic acid groups (broad SMARTS) is 1. The highest BCUT2D eigenvalue weighted by molar-refractivity contribution is 5.66. The van der Waals surface area contributed by atoms with Crippen LogP contribution in [0.2, 0.25) is 0 Å². The molecule has 200 valence electrons. The molecule has 0 unspecified atom stereocenters. The van der Waals surface area contributed by atoms with Crippen molar-refractivity contribution in [2.24, 2.45) is 5.92 Å². The van der Waals surface area contributed by atoms with Crippen LogP contribution in [0.15, 0.2) is 60.7 Å². The Hall–Kier alpha value is -2.71.